The van der Waals surface area contributed by atoms with Crippen molar-refractivity contribution in [1.29, 1.82) is 0 Å². The minimum Gasteiger partial charge on any atom is -0.378 e. The average molecular weight is 1270 g/mol. The van der Waals surface area contributed by atoms with Crippen LogP contribution in [0.5, 0.6) is 0 Å². The minimum atomic E-state index is 1.20. The third kappa shape index (κ3) is 8.64. The summed E-state index contributed by atoms with van der Waals surface area (Å²) in [7, 11) is 16.9. The van der Waals surface area contributed by atoms with E-state index < -0.39 is 0 Å². The third-order valence-electron chi connectivity index (χ3n) is 18.9. The SMILES string of the molecule is Cc1ccc(-n2c3cc(N(C)C)ccc3c3sc4cc5c(cc4c32)sc2c3ccc(N(C)C)cc3n(-c3ccc(C)cc3)c52)cc1.Cc1ccc(-n2c3cc(N(C)C)ccc3c3sc4cc5c(cc4c32)sc2c3ccc(N(C)C)cc3n(-c3ccc(C)cc3)c52)cc1. The molecule has 0 aliphatic carbocycles. The molecular weight excluding hydrogens is 1200 g/mol. The number of aryl methyl sites for hydroxylation is 4. The van der Waals surface area contributed by atoms with Crippen LogP contribution in [0.25, 0.3) is 148 Å². The lowest BCUT2D eigenvalue weighted by Crippen LogP contribution is -2.08. The van der Waals surface area contributed by atoms with E-state index >= 15 is 0 Å². The molecule has 0 atom stereocenters. The predicted octanol–water partition coefficient (Wildman–Crippen LogP) is 22.1. The van der Waals surface area contributed by atoms with E-state index in [2.05, 4.69) is 316 Å². The van der Waals surface area contributed by atoms with E-state index in [0.717, 1.165) is 0 Å². The minimum absolute atomic E-state index is 1.20. The molecule has 92 heavy (non-hydrogen) atoms. The molecule has 0 fully saturated rings. The van der Waals surface area contributed by atoms with Crippen LogP contribution in [-0.4, -0.2) is 74.6 Å². The van der Waals surface area contributed by atoms with Crippen LogP contribution in [0.4, 0.5) is 22.7 Å². The third-order valence-corrected chi connectivity index (χ3v) is 23.6. The van der Waals surface area contributed by atoms with Crippen molar-refractivity contribution in [3.05, 3.63) is 216 Å². The molecule has 18 aromatic rings. The topological polar surface area (TPSA) is 32.7 Å². The van der Waals surface area contributed by atoms with Crippen LogP contribution in [0, 0.1) is 27.7 Å². The van der Waals surface area contributed by atoms with E-state index in [4.69, 9.17) is 0 Å². The summed E-state index contributed by atoms with van der Waals surface area (Å²) in [6.45, 7) is 8.62. The maximum absolute atomic E-state index is 2.49. The average Bonchev–Trinajstić information content (AvgIpc) is 1.55. The van der Waals surface area contributed by atoms with Gasteiger partial charge in [0.05, 0.1) is 62.9 Å². The van der Waals surface area contributed by atoms with Crippen LogP contribution in [0.1, 0.15) is 22.3 Å². The summed E-state index contributed by atoms with van der Waals surface area (Å²) in [5, 5.41) is 10.5. The highest BCUT2D eigenvalue weighted by molar-refractivity contribution is 7.29. The fourth-order valence-corrected chi connectivity index (χ4v) is 18.9. The molecule has 0 radical (unpaired) electrons. The van der Waals surface area contributed by atoms with Crippen LogP contribution in [0.2, 0.25) is 0 Å². The number of hydrogen-bond donors (Lipinski definition) is 0. The van der Waals surface area contributed by atoms with Crippen LogP contribution in [0.15, 0.2) is 194 Å². The number of hydrogen-bond acceptors (Lipinski definition) is 8. The molecule has 8 aromatic heterocycles. The monoisotopic (exact) mass is 1270 g/mol. The van der Waals surface area contributed by atoms with Gasteiger partial charge in [-0.3, -0.25) is 0 Å². The first kappa shape index (κ1) is 56.4. The van der Waals surface area contributed by atoms with Gasteiger partial charge in [0.25, 0.3) is 0 Å². The Kier molecular flexibility index (Phi) is 12.9. The van der Waals surface area contributed by atoms with E-state index in [1.165, 1.54) is 193 Å². The lowest BCUT2D eigenvalue weighted by Gasteiger charge is -2.14. The van der Waals surface area contributed by atoms with Gasteiger partial charge < -0.3 is 37.9 Å². The molecule has 18 rings (SSSR count). The second kappa shape index (κ2) is 21.0. The quantitative estimate of drug-likeness (QED) is 0.152. The number of nitrogens with zero attached hydrogens (tertiary/aromatic N) is 8. The van der Waals surface area contributed by atoms with Crippen molar-refractivity contribution >= 4 is 193 Å². The van der Waals surface area contributed by atoms with Crippen molar-refractivity contribution in [3.63, 3.8) is 0 Å². The number of thiophene rings is 4. The predicted molar refractivity (Wildman–Crippen MR) is 408 cm³/mol. The Morgan fingerprint density at radius 1 is 0.228 bits per heavy atom. The molecule has 0 aliphatic heterocycles. The van der Waals surface area contributed by atoms with E-state index in [1.54, 1.807) is 0 Å². The normalized spacial score (nSPS) is 12.1. The molecule has 452 valence electrons. The van der Waals surface area contributed by atoms with Crippen molar-refractivity contribution in [2.24, 2.45) is 0 Å². The Morgan fingerprint density at radius 2 is 0.424 bits per heavy atom. The molecule has 10 aromatic carbocycles. The molecule has 0 unspecified atom stereocenters. The highest BCUT2D eigenvalue weighted by Gasteiger charge is 2.26. The lowest BCUT2D eigenvalue weighted by molar-refractivity contribution is 1.13. The van der Waals surface area contributed by atoms with Crippen LogP contribution >= 0.6 is 45.3 Å². The van der Waals surface area contributed by atoms with Gasteiger partial charge >= 0.3 is 0 Å². The fourth-order valence-electron chi connectivity index (χ4n) is 14.0. The first-order valence-electron chi connectivity index (χ1n) is 31.3. The summed E-state index contributed by atoms with van der Waals surface area (Å²) < 4.78 is 20.6. The van der Waals surface area contributed by atoms with Gasteiger partial charge in [-0.15, -0.1) is 45.3 Å². The second-order valence-electron chi connectivity index (χ2n) is 25.9. The Balaban J connectivity index is 0.000000141. The number of benzene rings is 10. The molecule has 0 aliphatic rings. The summed E-state index contributed by atoms with van der Waals surface area (Å²) in [6.07, 6.45) is 0. The Labute approximate surface area is 550 Å². The van der Waals surface area contributed by atoms with Crippen molar-refractivity contribution in [2.45, 2.75) is 27.7 Å². The van der Waals surface area contributed by atoms with Crippen molar-refractivity contribution in [3.8, 4) is 22.7 Å². The molecular formula is C80H68N8S4. The van der Waals surface area contributed by atoms with Crippen molar-refractivity contribution < 1.29 is 0 Å². The number of rotatable bonds is 8. The lowest BCUT2D eigenvalue weighted by atomic mass is 10.1. The number of anilines is 4. The smallest absolute Gasteiger partial charge is 0.0728 e. The van der Waals surface area contributed by atoms with Gasteiger partial charge in [-0.1, -0.05) is 70.8 Å². The van der Waals surface area contributed by atoms with Crippen molar-refractivity contribution in [1.82, 2.24) is 18.3 Å². The van der Waals surface area contributed by atoms with Gasteiger partial charge in [0.15, 0.2) is 0 Å². The molecule has 0 N–H and O–H groups in total. The van der Waals surface area contributed by atoms with Gasteiger partial charge in [-0.2, -0.15) is 0 Å². The van der Waals surface area contributed by atoms with Crippen LogP contribution in [-0.2, 0) is 0 Å². The zero-order valence-corrected chi connectivity index (χ0v) is 57.0. The van der Waals surface area contributed by atoms with Gasteiger partial charge in [-0.05, 0) is 173 Å². The highest BCUT2D eigenvalue weighted by Crippen LogP contribution is 2.52. The Hall–Kier alpha value is -9.56. The Morgan fingerprint density at radius 3 is 0.609 bits per heavy atom. The molecule has 0 amide bonds. The second-order valence-corrected chi connectivity index (χ2v) is 30.1. The maximum atomic E-state index is 2.49. The van der Waals surface area contributed by atoms with Gasteiger partial charge in [0, 0.05) is 164 Å². The summed E-state index contributed by atoms with van der Waals surface area (Å²) >= 11 is 7.69. The molecule has 12 heteroatoms. The molecule has 8 nitrogen and oxygen atoms in total. The van der Waals surface area contributed by atoms with E-state index in [1.807, 2.05) is 45.3 Å². The van der Waals surface area contributed by atoms with Crippen LogP contribution < -0.4 is 19.6 Å². The first-order chi connectivity index (χ1) is 44.5. The zero-order chi connectivity index (χ0) is 62.9. The van der Waals surface area contributed by atoms with Gasteiger partial charge in [0.2, 0.25) is 0 Å². The maximum Gasteiger partial charge on any atom is 0.0728 e. The largest absolute Gasteiger partial charge is 0.378 e. The Bertz CT molecular complexity index is 5290. The molecule has 0 saturated carbocycles. The highest BCUT2D eigenvalue weighted by atomic mass is 32.1. The van der Waals surface area contributed by atoms with Crippen molar-refractivity contribution in [2.75, 3.05) is 76.0 Å². The summed E-state index contributed by atoms with van der Waals surface area (Å²) in [6, 6.07) is 73.3. The van der Waals surface area contributed by atoms with E-state index in [9.17, 15) is 0 Å². The molecule has 0 bridgehead atoms. The van der Waals surface area contributed by atoms with Gasteiger partial charge in [0.1, 0.15) is 0 Å². The number of aromatic nitrogens is 4. The summed E-state index contributed by atoms with van der Waals surface area (Å²) in [5.41, 5.74) is 24.9. The van der Waals surface area contributed by atoms with Gasteiger partial charge in [-0.25, -0.2) is 0 Å². The van der Waals surface area contributed by atoms with Crippen LogP contribution in [0.3, 0.4) is 0 Å². The first-order valence-corrected chi connectivity index (χ1v) is 34.6. The molecule has 0 saturated heterocycles. The molecule has 8 heterocycles. The standard InChI is InChI=1S/2C40H34N4S2/c2*1-23-7-11-25(12-8-23)43-33-19-27(41(3)4)15-17-29(33)39-37(43)31-21-36-32(22-35(31)45-39)38-40(46-36)30-18-16-28(42(5)6)20-34(30)44(38)26-13-9-24(2)10-14-26/h2*7-22H,1-6H3. The fraction of sp³-hybridized carbons (Fsp3) is 0.150. The van der Waals surface area contributed by atoms with E-state index in [0.29, 0.717) is 0 Å². The zero-order valence-electron chi connectivity index (χ0n) is 53.7. The van der Waals surface area contributed by atoms with E-state index in [-0.39, 0.29) is 0 Å². The number of fused-ring (bicyclic) bond motifs is 20. The summed E-state index contributed by atoms with van der Waals surface area (Å²) in [5.74, 6) is 0. The molecule has 0 spiro atoms. The summed E-state index contributed by atoms with van der Waals surface area (Å²) in [4.78, 5) is 8.75.